The topological polar surface area (TPSA) is 125 Å². The fraction of sp³-hybridized carbons (Fsp3) is 0.469. The smallest absolute Gasteiger partial charge is 0.247 e. The molecule has 9 nitrogen and oxygen atoms in total. The highest BCUT2D eigenvalue weighted by Crippen LogP contribution is 2.37. The Balaban J connectivity index is 1.99. The Morgan fingerprint density at radius 3 is 2.53 bits per heavy atom. The highest BCUT2D eigenvalue weighted by atomic mass is 127. The first kappa shape index (κ1) is 34.5. The Bertz CT molecular complexity index is 1270. The molecule has 2 amide bonds. The van der Waals surface area contributed by atoms with Crippen LogP contribution in [0, 0.1) is 9.39 Å². The van der Waals surface area contributed by atoms with Crippen LogP contribution in [0.1, 0.15) is 67.8 Å². The predicted octanol–water partition coefficient (Wildman–Crippen LogP) is 4.56. The molecular weight excluding hydrogens is 670 g/mol. The lowest BCUT2D eigenvalue weighted by Crippen LogP contribution is -2.54. The number of aldehydes is 1. The average molecular weight is 711 g/mol. The predicted molar refractivity (Wildman–Crippen MR) is 168 cm³/mol. The van der Waals surface area contributed by atoms with Gasteiger partial charge in [-0.15, -0.1) is 0 Å². The van der Waals surface area contributed by atoms with Gasteiger partial charge in [-0.3, -0.25) is 14.4 Å². The molecule has 0 aliphatic heterocycles. The first-order valence-electron chi connectivity index (χ1n) is 14.5. The van der Waals surface area contributed by atoms with E-state index in [0.29, 0.717) is 27.4 Å². The fourth-order valence-electron chi connectivity index (χ4n) is 5.04. The molecule has 0 spiro atoms. The number of methoxy groups -OCH3 is 1. The Morgan fingerprint density at radius 1 is 1.16 bits per heavy atom. The quantitative estimate of drug-likeness (QED) is 0.133. The van der Waals surface area contributed by atoms with Crippen LogP contribution in [-0.4, -0.2) is 71.7 Å². The van der Waals surface area contributed by atoms with E-state index in [4.69, 9.17) is 9.47 Å². The number of hydrogen-bond donors (Lipinski definition) is 3. The van der Waals surface area contributed by atoms with Gasteiger partial charge in [0.2, 0.25) is 11.8 Å². The van der Waals surface area contributed by atoms with Gasteiger partial charge in [-0.2, -0.15) is 0 Å². The lowest BCUT2D eigenvalue weighted by atomic mass is 9.87. The molecule has 3 atom stereocenters. The van der Waals surface area contributed by atoms with Crippen LogP contribution in [0.2, 0.25) is 0 Å². The van der Waals surface area contributed by atoms with Gasteiger partial charge < -0.3 is 29.9 Å². The second-order valence-corrected chi connectivity index (χ2v) is 11.6. The van der Waals surface area contributed by atoms with E-state index in [0.717, 1.165) is 25.7 Å². The highest BCUT2D eigenvalue weighted by Gasteiger charge is 2.41. The zero-order chi connectivity index (χ0) is 31.4. The maximum absolute atomic E-state index is 13.7. The normalized spacial score (nSPS) is 18.0. The monoisotopic (exact) mass is 710 g/mol. The number of halogens is 2. The molecule has 0 unspecified atom stereocenters. The van der Waals surface area contributed by atoms with E-state index in [-0.39, 0.29) is 55.5 Å². The van der Waals surface area contributed by atoms with Crippen molar-refractivity contribution in [3.63, 3.8) is 0 Å². The van der Waals surface area contributed by atoms with Crippen LogP contribution in [0.4, 0.5) is 4.39 Å². The molecule has 1 aliphatic carbocycles. The molecule has 11 heteroatoms. The number of aliphatic hydroxyl groups is 2. The molecule has 0 bridgehead atoms. The largest absolute Gasteiger partial charge is 0.493 e. The minimum Gasteiger partial charge on any atom is -0.493 e. The third-order valence-corrected chi connectivity index (χ3v) is 8.14. The lowest BCUT2D eigenvalue weighted by molar-refractivity contribution is -0.139. The van der Waals surface area contributed by atoms with Crippen molar-refractivity contribution in [3.8, 4) is 11.5 Å². The molecule has 1 aliphatic rings. The lowest BCUT2D eigenvalue weighted by Gasteiger charge is -2.41. The number of hydrogen-bond acceptors (Lipinski definition) is 7. The van der Waals surface area contributed by atoms with E-state index in [1.807, 2.05) is 22.6 Å². The van der Waals surface area contributed by atoms with Crippen LogP contribution in [0.15, 0.2) is 48.0 Å². The van der Waals surface area contributed by atoms with Crippen molar-refractivity contribution < 1.29 is 38.5 Å². The van der Waals surface area contributed by atoms with Gasteiger partial charge in [0.05, 0.1) is 23.3 Å². The number of unbranched alkanes of at least 4 members (excludes halogenated alkanes) is 4. The van der Waals surface area contributed by atoms with Gasteiger partial charge in [0, 0.05) is 37.1 Å². The number of nitrogens with zero attached hydrogens (tertiary/aromatic N) is 1. The Hall–Kier alpha value is -3.03. The molecule has 0 saturated heterocycles. The number of nitrogens with one attached hydrogen (secondary N) is 1. The third-order valence-electron chi connectivity index (χ3n) is 7.34. The Labute approximate surface area is 265 Å². The van der Waals surface area contributed by atoms with Crippen LogP contribution >= 0.6 is 22.6 Å². The molecule has 234 valence electrons. The number of carbonyl (C=O) groups excluding carboxylic acids is 3. The summed E-state index contributed by atoms with van der Waals surface area (Å²) in [5.41, 5.74) is 1.34. The Morgan fingerprint density at radius 2 is 1.88 bits per heavy atom. The van der Waals surface area contributed by atoms with Gasteiger partial charge in [0.1, 0.15) is 24.3 Å². The van der Waals surface area contributed by atoms with Crippen molar-refractivity contribution in [3.05, 3.63) is 68.6 Å². The number of rotatable bonds is 16. The minimum absolute atomic E-state index is 0.0315. The Kier molecular flexibility index (Phi) is 13.9. The van der Waals surface area contributed by atoms with Gasteiger partial charge in [-0.25, -0.2) is 4.39 Å². The summed E-state index contributed by atoms with van der Waals surface area (Å²) in [6, 6.07) is 8.08. The van der Waals surface area contributed by atoms with Crippen molar-refractivity contribution in [2.24, 2.45) is 0 Å². The van der Waals surface area contributed by atoms with Gasteiger partial charge >= 0.3 is 0 Å². The van der Waals surface area contributed by atoms with Crippen LogP contribution in [-0.2, 0) is 16.1 Å². The molecule has 2 aromatic rings. The van der Waals surface area contributed by atoms with Crippen LogP contribution in [0.3, 0.4) is 0 Å². The summed E-state index contributed by atoms with van der Waals surface area (Å²) in [5.74, 6) is -0.500. The second-order valence-electron chi connectivity index (χ2n) is 10.5. The van der Waals surface area contributed by atoms with Gasteiger partial charge in [-0.1, -0.05) is 44.7 Å². The van der Waals surface area contributed by atoms with Crippen molar-refractivity contribution in [1.29, 1.82) is 0 Å². The number of benzene rings is 2. The SMILES string of the molecule is CCCCCCCC(=O)N(Cc1ccc(F)cc1)[C@@H]1CC(C(=O)NCCO)=C[C@H](Oc2c(I)cc(C=O)cc2OC)[C@H]1O. The zero-order valence-electron chi connectivity index (χ0n) is 24.6. The molecule has 0 fully saturated rings. The summed E-state index contributed by atoms with van der Waals surface area (Å²) >= 11 is 2.00. The molecule has 3 rings (SSSR count). The maximum atomic E-state index is 13.7. The molecule has 0 aromatic heterocycles. The summed E-state index contributed by atoms with van der Waals surface area (Å²) in [6.07, 6.45) is 4.95. The molecule has 3 N–H and O–H groups in total. The summed E-state index contributed by atoms with van der Waals surface area (Å²) in [7, 11) is 1.43. The van der Waals surface area contributed by atoms with E-state index < -0.39 is 30.0 Å². The fourth-order valence-corrected chi connectivity index (χ4v) is 5.79. The zero-order valence-corrected chi connectivity index (χ0v) is 26.7. The molecule has 0 saturated carbocycles. The second kappa shape index (κ2) is 17.3. The first-order chi connectivity index (χ1) is 20.7. The van der Waals surface area contributed by atoms with Crippen molar-refractivity contribution in [2.45, 2.75) is 76.7 Å². The number of carbonyl (C=O) groups is 3. The maximum Gasteiger partial charge on any atom is 0.247 e. The van der Waals surface area contributed by atoms with Gasteiger partial charge in [-0.05, 0) is 64.9 Å². The van der Waals surface area contributed by atoms with E-state index in [1.165, 1.54) is 31.4 Å². The molecule has 0 heterocycles. The van der Waals surface area contributed by atoms with Crippen LogP contribution in [0.25, 0.3) is 0 Å². The highest BCUT2D eigenvalue weighted by molar-refractivity contribution is 14.1. The van der Waals surface area contributed by atoms with Crippen LogP contribution < -0.4 is 14.8 Å². The molecule has 43 heavy (non-hydrogen) atoms. The van der Waals surface area contributed by atoms with E-state index in [2.05, 4.69) is 12.2 Å². The average Bonchev–Trinajstić information content (AvgIpc) is 3.01. The van der Waals surface area contributed by atoms with Crippen molar-refractivity contribution in [2.75, 3.05) is 20.3 Å². The summed E-state index contributed by atoms with van der Waals surface area (Å²) in [6.45, 7) is 2.00. The minimum atomic E-state index is -1.25. The van der Waals surface area contributed by atoms with E-state index in [9.17, 15) is 29.0 Å². The van der Waals surface area contributed by atoms with E-state index in [1.54, 1.807) is 23.1 Å². The summed E-state index contributed by atoms with van der Waals surface area (Å²) in [5, 5.41) is 23.6. The summed E-state index contributed by atoms with van der Waals surface area (Å²) < 4.78 is 25.9. The first-order valence-corrected chi connectivity index (χ1v) is 15.6. The molecular formula is C32H40FIN2O7. The van der Waals surface area contributed by atoms with Crippen molar-refractivity contribution >= 4 is 40.7 Å². The molecule has 2 aromatic carbocycles. The van der Waals surface area contributed by atoms with Crippen molar-refractivity contribution in [1.82, 2.24) is 10.2 Å². The van der Waals surface area contributed by atoms with Gasteiger partial charge in [0.25, 0.3) is 0 Å². The summed E-state index contributed by atoms with van der Waals surface area (Å²) in [4.78, 5) is 39.8. The standard InChI is InChI=1S/C32H40FIN2O7/c1-3-4-5-6-7-8-29(39)36(19-21-9-11-24(33)12-10-21)26-17-23(32(41)35-13-14-37)18-27(30(26)40)43-31-25(34)15-22(20-38)16-28(31)42-2/h9-12,15-16,18,20,26-27,30,37,40H,3-8,13-14,17,19H2,1-2H3,(H,35,41)/t26-,27+,30+/m1/s1. The van der Waals surface area contributed by atoms with Crippen LogP contribution in [0.5, 0.6) is 11.5 Å². The number of amides is 2. The number of aliphatic hydroxyl groups excluding tert-OH is 2. The number of ether oxygens (including phenoxy) is 2. The van der Waals surface area contributed by atoms with E-state index >= 15 is 0 Å². The van der Waals surface area contributed by atoms with Gasteiger partial charge in [0.15, 0.2) is 11.5 Å². The third kappa shape index (κ3) is 9.73. The molecule has 0 radical (unpaired) electrons.